The van der Waals surface area contributed by atoms with Crippen LogP contribution in [0.5, 0.6) is 5.75 Å². The van der Waals surface area contributed by atoms with Gasteiger partial charge in [-0.1, -0.05) is 12.1 Å². The summed E-state index contributed by atoms with van der Waals surface area (Å²) in [5.74, 6) is -0.772. The van der Waals surface area contributed by atoms with Gasteiger partial charge in [-0.05, 0) is 28.1 Å². The van der Waals surface area contributed by atoms with Gasteiger partial charge in [0.1, 0.15) is 5.75 Å². The summed E-state index contributed by atoms with van der Waals surface area (Å²) in [7, 11) is 1.66. The quantitative estimate of drug-likeness (QED) is 0.818. The normalized spacial score (nSPS) is 12.3. The zero-order valence-corrected chi connectivity index (χ0v) is 9.69. The summed E-state index contributed by atoms with van der Waals surface area (Å²) in [4.78, 5) is 10.9. The number of tetrazole rings is 1. The minimum atomic E-state index is -0.934. The molecule has 18 heavy (non-hydrogen) atoms. The number of carbonyl (C=O) groups is 1. The molecule has 7 nitrogen and oxygen atoms in total. The third kappa shape index (κ3) is 2.45. The maximum absolute atomic E-state index is 10.9. The minimum Gasteiger partial charge on any atom is -0.508 e. The first-order valence-electron chi connectivity index (χ1n) is 5.31. The van der Waals surface area contributed by atoms with Gasteiger partial charge in [0.15, 0.2) is 5.82 Å². The first kappa shape index (κ1) is 12.0. The zero-order chi connectivity index (χ0) is 13.1. The number of rotatable bonds is 4. The van der Waals surface area contributed by atoms with Gasteiger partial charge in [0.25, 0.3) is 0 Å². The topological polar surface area (TPSA) is 101 Å². The van der Waals surface area contributed by atoms with Crippen molar-refractivity contribution >= 4 is 5.97 Å². The number of aromatic hydroxyl groups is 1. The van der Waals surface area contributed by atoms with Gasteiger partial charge >= 0.3 is 5.97 Å². The predicted octanol–water partition coefficient (Wildman–Crippen LogP) is 0.522. The van der Waals surface area contributed by atoms with Crippen LogP contribution in [-0.2, 0) is 11.8 Å². The van der Waals surface area contributed by atoms with E-state index in [-0.39, 0.29) is 12.2 Å². The molecular weight excluding hydrogens is 236 g/mol. The van der Waals surface area contributed by atoms with Crippen LogP contribution in [0.3, 0.4) is 0 Å². The van der Waals surface area contributed by atoms with Crippen molar-refractivity contribution in [3.63, 3.8) is 0 Å². The zero-order valence-electron chi connectivity index (χ0n) is 9.69. The highest BCUT2D eigenvalue weighted by Crippen LogP contribution is 2.27. The summed E-state index contributed by atoms with van der Waals surface area (Å²) in [6.07, 6.45) is -0.112. The molecule has 0 aliphatic heterocycles. The van der Waals surface area contributed by atoms with E-state index in [9.17, 15) is 9.90 Å². The fourth-order valence-corrected chi connectivity index (χ4v) is 1.77. The van der Waals surface area contributed by atoms with Crippen molar-refractivity contribution in [1.82, 2.24) is 20.2 Å². The van der Waals surface area contributed by atoms with Crippen LogP contribution in [-0.4, -0.2) is 36.4 Å². The fraction of sp³-hybridized carbons (Fsp3) is 0.273. The van der Waals surface area contributed by atoms with Gasteiger partial charge in [0.2, 0.25) is 0 Å². The predicted molar refractivity (Wildman–Crippen MR) is 61.0 cm³/mol. The van der Waals surface area contributed by atoms with Crippen molar-refractivity contribution in [2.45, 2.75) is 12.3 Å². The van der Waals surface area contributed by atoms with E-state index in [1.54, 1.807) is 19.2 Å². The SMILES string of the molecule is Cn1nnnc1C(CC(=O)O)c1ccc(O)cc1. The minimum absolute atomic E-state index is 0.112. The third-order valence-corrected chi connectivity index (χ3v) is 2.64. The van der Waals surface area contributed by atoms with E-state index < -0.39 is 11.9 Å². The van der Waals surface area contributed by atoms with Gasteiger partial charge in [-0.15, -0.1) is 5.10 Å². The Balaban J connectivity index is 2.39. The molecule has 0 spiro atoms. The number of benzene rings is 1. The standard InChI is InChI=1S/C11H12N4O3/c1-15-11(12-13-14-15)9(6-10(17)18)7-2-4-8(16)5-3-7/h2-5,9,16H,6H2,1H3,(H,17,18). The van der Waals surface area contributed by atoms with Crippen molar-refractivity contribution in [3.05, 3.63) is 35.7 Å². The van der Waals surface area contributed by atoms with Crippen LogP contribution in [0.4, 0.5) is 0 Å². The van der Waals surface area contributed by atoms with Crippen LogP contribution < -0.4 is 0 Å². The first-order valence-corrected chi connectivity index (χ1v) is 5.31. The van der Waals surface area contributed by atoms with Gasteiger partial charge in [-0.2, -0.15) is 0 Å². The van der Waals surface area contributed by atoms with Crippen molar-refractivity contribution in [3.8, 4) is 5.75 Å². The maximum atomic E-state index is 10.9. The van der Waals surface area contributed by atoms with E-state index in [1.807, 2.05) is 0 Å². The fourth-order valence-electron chi connectivity index (χ4n) is 1.77. The molecule has 0 amide bonds. The molecule has 0 radical (unpaired) electrons. The highest BCUT2D eigenvalue weighted by molar-refractivity contribution is 5.68. The number of carboxylic acid groups (broad SMARTS) is 1. The summed E-state index contributed by atoms with van der Waals surface area (Å²) >= 11 is 0. The Morgan fingerprint density at radius 2 is 2.06 bits per heavy atom. The molecule has 0 saturated carbocycles. The molecule has 7 heteroatoms. The van der Waals surface area contributed by atoms with Gasteiger partial charge in [-0.3, -0.25) is 4.79 Å². The van der Waals surface area contributed by atoms with E-state index in [0.717, 1.165) is 5.56 Å². The molecular formula is C11H12N4O3. The number of aryl methyl sites for hydroxylation is 1. The smallest absolute Gasteiger partial charge is 0.304 e. The molecule has 2 N–H and O–H groups in total. The molecule has 0 aliphatic rings. The van der Waals surface area contributed by atoms with Gasteiger partial charge in [-0.25, -0.2) is 4.68 Å². The van der Waals surface area contributed by atoms with Crippen LogP contribution in [0.25, 0.3) is 0 Å². The van der Waals surface area contributed by atoms with E-state index in [4.69, 9.17) is 5.11 Å². The average Bonchev–Trinajstić information content (AvgIpc) is 2.73. The Kier molecular flexibility index (Phi) is 3.22. The highest BCUT2D eigenvalue weighted by atomic mass is 16.4. The van der Waals surface area contributed by atoms with E-state index >= 15 is 0 Å². The van der Waals surface area contributed by atoms with Crippen molar-refractivity contribution in [2.24, 2.45) is 7.05 Å². The number of carboxylic acids is 1. The van der Waals surface area contributed by atoms with E-state index in [0.29, 0.717) is 5.82 Å². The van der Waals surface area contributed by atoms with Crippen molar-refractivity contribution in [1.29, 1.82) is 0 Å². The van der Waals surface area contributed by atoms with Crippen LogP contribution in [0.1, 0.15) is 23.7 Å². The lowest BCUT2D eigenvalue weighted by molar-refractivity contribution is -0.137. The molecule has 94 valence electrons. The van der Waals surface area contributed by atoms with Crippen molar-refractivity contribution in [2.75, 3.05) is 0 Å². The molecule has 1 aromatic carbocycles. The second-order valence-electron chi connectivity index (χ2n) is 3.90. The summed E-state index contributed by atoms with van der Waals surface area (Å²) < 4.78 is 1.44. The maximum Gasteiger partial charge on any atom is 0.304 e. The summed E-state index contributed by atoms with van der Waals surface area (Å²) in [6, 6.07) is 6.34. The lowest BCUT2D eigenvalue weighted by Gasteiger charge is -2.13. The van der Waals surface area contributed by atoms with E-state index in [2.05, 4.69) is 15.5 Å². The van der Waals surface area contributed by atoms with Crippen LogP contribution in [0.15, 0.2) is 24.3 Å². The second-order valence-corrected chi connectivity index (χ2v) is 3.90. The molecule has 0 aliphatic carbocycles. The number of aliphatic carboxylic acids is 1. The Labute approximate surface area is 103 Å². The number of hydrogen-bond acceptors (Lipinski definition) is 5. The molecule has 1 heterocycles. The van der Waals surface area contributed by atoms with Crippen LogP contribution in [0.2, 0.25) is 0 Å². The first-order chi connectivity index (χ1) is 8.58. The second kappa shape index (κ2) is 4.82. The van der Waals surface area contributed by atoms with Gasteiger partial charge in [0, 0.05) is 7.05 Å². The van der Waals surface area contributed by atoms with Crippen LogP contribution in [0, 0.1) is 0 Å². The molecule has 2 rings (SSSR count). The lowest BCUT2D eigenvalue weighted by Crippen LogP contribution is -2.13. The number of phenols is 1. The van der Waals surface area contributed by atoms with Crippen molar-refractivity contribution < 1.29 is 15.0 Å². The Hall–Kier alpha value is -2.44. The molecule has 0 fully saturated rings. The highest BCUT2D eigenvalue weighted by Gasteiger charge is 2.22. The molecule has 2 aromatic rings. The largest absolute Gasteiger partial charge is 0.508 e. The van der Waals surface area contributed by atoms with Crippen LogP contribution >= 0.6 is 0 Å². The Morgan fingerprint density at radius 3 is 2.56 bits per heavy atom. The lowest BCUT2D eigenvalue weighted by atomic mass is 9.95. The molecule has 1 aromatic heterocycles. The average molecular weight is 248 g/mol. The molecule has 0 saturated heterocycles. The third-order valence-electron chi connectivity index (χ3n) is 2.64. The molecule has 1 atom stereocenters. The number of hydrogen-bond donors (Lipinski definition) is 2. The molecule has 1 unspecified atom stereocenters. The van der Waals surface area contributed by atoms with Gasteiger partial charge in [0.05, 0.1) is 12.3 Å². The summed E-state index contributed by atoms with van der Waals surface area (Å²) in [5.41, 5.74) is 0.744. The monoisotopic (exact) mass is 248 g/mol. The molecule has 0 bridgehead atoms. The van der Waals surface area contributed by atoms with E-state index in [1.165, 1.54) is 16.8 Å². The summed E-state index contributed by atoms with van der Waals surface area (Å²) in [5, 5.41) is 29.3. The Morgan fingerprint density at radius 1 is 1.39 bits per heavy atom. The summed E-state index contributed by atoms with van der Waals surface area (Å²) in [6.45, 7) is 0. The number of aromatic nitrogens is 4. The number of nitrogens with zero attached hydrogens (tertiary/aromatic N) is 4. The number of phenolic OH excluding ortho intramolecular Hbond substituents is 1. The van der Waals surface area contributed by atoms with Gasteiger partial charge < -0.3 is 10.2 Å². The Bertz CT molecular complexity index is 550.